The van der Waals surface area contributed by atoms with E-state index in [0.29, 0.717) is 30.1 Å². The molecule has 5 nitrogen and oxygen atoms in total. The van der Waals surface area contributed by atoms with Gasteiger partial charge in [0.25, 0.3) is 0 Å². The number of hydrogen-bond donors (Lipinski definition) is 4. The Hall–Kier alpha value is -0.650. The van der Waals surface area contributed by atoms with E-state index in [0.717, 1.165) is 44.9 Å². The van der Waals surface area contributed by atoms with Crippen LogP contribution in [0, 0.1) is 46.3 Å². The number of carbonyl (C=O) groups is 1. The van der Waals surface area contributed by atoms with Crippen LogP contribution in [0.2, 0.25) is 0 Å². The van der Waals surface area contributed by atoms with Crippen molar-refractivity contribution in [2.75, 3.05) is 0 Å². The molecule has 0 spiro atoms. The van der Waals surface area contributed by atoms with E-state index in [9.17, 15) is 20.1 Å². The van der Waals surface area contributed by atoms with E-state index in [1.165, 1.54) is 0 Å². The van der Waals surface area contributed by atoms with Gasteiger partial charge in [-0.25, -0.2) is 0 Å². The summed E-state index contributed by atoms with van der Waals surface area (Å²) in [5.41, 5.74) is -0.143. The summed E-state index contributed by atoms with van der Waals surface area (Å²) in [6.07, 6.45) is 6.00. The van der Waals surface area contributed by atoms with E-state index in [1.54, 1.807) is 0 Å². The zero-order valence-corrected chi connectivity index (χ0v) is 18.3. The molecule has 0 bridgehead atoms. The molecular weight excluding hydrogens is 368 g/mol. The number of carboxylic acid groups (broad SMARTS) is 1. The lowest BCUT2D eigenvalue weighted by Gasteiger charge is -2.63. The fourth-order valence-corrected chi connectivity index (χ4v) is 8.68. The molecule has 0 aromatic carbocycles. The fourth-order valence-electron chi connectivity index (χ4n) is 8.68. The molecule has 29 heavy (non-hydrogen) atoms. The zero-order valence-electron chi connectivity index (χ0n) is 18.3. The van der Waals surface area contributed by atoms with Gasteiger partial charge < -0.3 is 20.4 Å². The van der Waals surface area contributed by atoms with Gasteiger partial charge in [-0.2, -0.15) is 0 Å². The molecule has 0 saturated heterocycles. The third-order valence-electron chi connectivity index (χ3n) is 10.3. The minimum absolute atomic E-state index is 0.0957. The highest BCUT2D eigenvalue weighted by Gasteiger charge is 2.65. The minimum Gasteiger partial charge on any atom is -0.481 e. The lowest BCUT2D eigenvalue weighted by molar-refractivity contribution is -0.207. The summed E-state index contributed by atoms with van der Waals surface area (Å²) in [4.78, 5) is 11.1. The molecule has 5 unspecified atom stereocenters. The number of rotatable bonds is 4. The van der Waals surface area contributed by atoms with Crippen LogP contribution < -0.4 is 0 Å². The molecule has 4 saturated carbocycles. The summed E-state index contributed by atoms with van der Waals surface area (Å²) in [5, 5.41) is 42.0. The standard InChI is InChI=1S/C24H40O5/c1-13(4-7-21(28)29)16-5-6-17-22-18(12-20(27)24(16,17)3)23(2)9-8-15(25)10-14(23)11-19(22)26/h13-20,22,25-27H,4-12H2,1-3H3,(H,28,29)/t13?,14-,15?,16+,17?,18?,19-,20?,22+,23-,24+/m0/s1. The first-order valence-electron chi connectivity index (χ1n) is 11.8. The van der Waals surface area contributed by atoms with Gasteiger partial charge in [0.15, 0.2) is 0 Å². The summed E-state index contributed by atoms with van der Waals surface area (Å²) in [6.45, 7) is 6.72. The van der Waals surface area contributed by atoms with Crippen LogP contribution in [0.4, 0.5) is 0 Å². The van der Waals surface area contributed by atoms with Gasteiger partial charge in [-0.1, -0.05) is 20.8 Å². The maximum Gasteiger partial charge on any atom is 0.303 e. The third kappa shape index (κ3) is 3.27. The molecule has 4 aliphatic carbocycles. The number of hydrogen-bond acceptors (Lipinski definition) is 4. The van der Waals surface area contributed by atoms with E-state index in [1.807, 2.05) is 0 Å². The maximum atomic E-state index is 11.5. The van der Waals surface area contributed by atoms with Crippen LogP contribution in [0.5, 0.6) is 0 Å². The zero-order chi connectivity index (χ0) is 21.1. The molecular formula is C24H40O5. The average Bonchev–Trinajstić information content (AvgIpc) is 3.01. The number of aliphatic hydroxyl groups is 3. The average molecular weight is 409 g/mol. The van der Waals surface area contributed by atoms with Crippen molar-refractivity contribution >= 4 is 5.97 Å². The second kappa shape index (κ2) is 7.49. The molecule has 0 radical (unpaired) electrons. The van der Waals surface area contributed by atoms with Crippen LogP contribution in [-0.2, 0) is 4.79 Å². The van der Waals surface area contributed by atoms with Crippen molar-refractivity contribution in [3.8, 4) is 0 Å². The first-order chi connectivity index (χ1) is 13.6. The van der Waals surface area contributed by atoms with Crippen molar-refractivity contribution < 1.29 is 25.2 Å². The van der Waals surface area contributed by atoms with Crippen molar-refractivity contribution in [3.63, 3.8) is 0 Å². The topological polar surface area (TPSA) is 98.0 Å². The number of carboxylic acids is 1. The second-order valence-corrected chi connectivity index (χ2v) is 11.4. The minimum atomic E-state index is -0.748. The summed E-state index contributed by atoms with van der Waals surface area (Å²) in [5.74, 6) is 0.997. The molecule has 11 atom stereocenters. The third-order valence-corrected chi connectivity index (χ3v) is 10.3. The summed E-state index contributed by atoms with van der Waals surface area (Å²) >= 11 is 0. The highest BCUT2D eigenvalue weighted by atomic mass is 16.4. The Labute approximate surface area is 174 Å². The monoisotopic (exact) mass is 408 g/mol. The van der Waals surface area contributed by atoms with Crippen molar-refractivity contribution in [2.24, 2.45) is 46.3 Å². The predicted molar refractivity (Wildman–Crippen MR) is 110 cm³/mol. The predicted octanol–water partition coefficient (Wildman–Crippen LogP) is 3.45. The second-order valence-electron chi connectivity index (χ2n) is 11.4. The Balaban J connectivity index is 1.61. The van der Waals surface area contributed by atoms with Crippen molar-refractivity contribution in [1.29, 1.82) is 0 Å². The molecule has 166 valence electrons. The molecule has 0 aromatic rings. The summed E-state index contributed by atoms with van der Waals surface area (Å²) in [7, 11) is 0. The van der Waals surface area contributed by atoms with Gasteiger partial charge in [-0.3, -0.25) is 4.79 Å². The first kappa shape index (κ1) is 21.6. The van der Waals surface area contributed by atoms with Gasteiger partial charge in [0.2, 0.25) is 0 Å². The lowest BCUT2D eigenvalue weighted by Crippen LogP contribution is -2.62. The van der Waals surface area contributed by atoms with Crippen molar-refractivity contribution in [2.45, 2.75) is 96.9 Å². The van der Waals surface area contributed by atoms with Crippen LogP contribution in [-0.4, -0.2) is 44.7 Å². The van der Waals surface area contributed by atoms with E-state index in [-0.39, 0.29) is 41.3 Å². The maximum absolute atomic E-state index is 11.5. The molecule has 4 fully saturated rings. The molecule has 0 amide bonds. The van der Waals surface area contributed by atoms with Gasteiger partial charge in [0, 0.05) is 6.42 Å². The van der Waals surface area contributed by atoms with Crippen LogP contribution >= 0.6 is 0 Å². The molecule has 0 aliphatic heterocycles. The molecule has 4 N–H and O–H groups in total. The van der Waals surface area contributed by atoms with E-state index >= 15 is 0 Å². The Morgan fingerprint density at radius 1 is 1.03 bits per heavy atom. The SMILES string of the molecule is CC(CCC(=O)O)[C@H]1CCC2[C@@H]3C(CC(O)[C@@]21C)[C@@]1(C)CCC(O)C[C@H]1C[C@@H]3O. The Morgan fingerprint density at radius 3 is 2.45 bits per heavy atom. The molecule has 4 rings (SSSR count). The molecule has 4 aliphatic rings. The van der Waals surface area contributed by atoms with Gasteiger partial charge in [-0.15, -0.1) is 0 Å². The smallest absolute Gasteiger partial charge is 0.303 e. The largest absolute Gasteiger partial charge is 0.481 e. The number of fused-ring (bicyclic) bond motifs is 5. The van der Waals surface area contributed by atoms with Crippen molar-refractivity contribution in [3.05, 3.63) is 0 Å². The fraction of sp³-hybridized carbons (Fsp3) is 0.958. The first-order valence-corrected chi connectivity index (χ1v) is 11.8. The Bertz CT molecular complexity index is 637. The summed E-state index contributed by atoms with van der Waals surface area (Å²) < 4.78 is 0. The number of aliphatic hydroxyl groups excluding tert-OH is 3. The van der Waals surface area contributed by atoms with Crippen molar-refractivity contribution in [1.82, 2.24) is 0 Å². The van der Waals surface area contributed by atoms with Crippen LogP contribution in [0.15, 0.2) is 0 Å². The van der Waals surface area contributed by atoms with E-state index in [2.05, 4.69) is 20.8 Å². The quantitative estimate of drug-likeness (QED) is 0.571. The van der Waals surface area contributed by atoms with Gasteiger partial charge >= 0.3 is 5.97 Å². The van der Waals surface area contributed by atoms with Gasteiger partial charge in [0.05, 0.1) is 18.3 Å². The van der Waals surface area contributed by atoms with Crippen LogP contribution in [0.1, 0.15) is 78.6 Å². The van der Waals surface area contributed by atoms with E-state index < -0.39 is 12.1 Å². The Morgan fingerprint density at radius 2 is 1.76 bits per heavy atom. The highest BCUT2D eigenvalue weighted by Crippen LogP contribution is 2.68. The molecule has 0 heterocycles. The lowest BCUT2D eigenvalue weighted by atomic mass is 9.43. The Kier molecular flexibility index (Phi) is 5.57. The van der Waals surface area contributed by atoms with Gasteiger partial charge in [0.1, 0.15) is 0 Å². The summed E-state index contributed by atoms with van der Waals surface area (Å²) in [6, 6.07) is 0. The van der Waals surface area contributed by atoms with Crippen LogP contribution in [0.25, 0.3) is 0 Å². The molecule has 0 aromatic heterocycles. The normalized spacial score (nSPS) is 52.9. The van der Waals surface area contributed by atoms with Gasteiger partial charge in [-0.05, 0) is 97.7 Å². The molecule has 5 heteroatoms. The number of aliphatic carboxylic acids is 1. The van der Waals surface area contributed by atoms with E-state index in [4.69, 9.17) is 5.11 Å². The highest BCUT2D eigenvalue weighted by molar-refractivity contribution is 5.66. The van der Waals surface area contributed by atoms with Crippen LogP contribution in [0.3, 0.4) is 0 Å².